The molecule has 0 spiro atoms. The number of oxime groups is 1. The van der Waals surface area contributed by atoms with Crippen LogP contribution < -0.4 is 11.1 Å². The van der Waals surface area contributed by atoms with Gasteiger partial charge in [-0.05, 0) is 25.3 Å². The van der Waals surface area contributed by atoms with Gasteiger partial charge in [-0.15, -0.1) is 23.1 Å². The topological polar surface area (TPSA) is 174 Å². The summed E-state index contributed by atoms with van der Waals surface area (Å²) in [6.07, 6.45) is 3.33. The second kappa shape index (κ2) is 11.1. The van der Waals surface area contributed by atoms with Gasteiger partial charge in [-0.1, -0.05) is 5.16 Å². The molecule has 4 N–H and O–H groups in total. The molecular weight excluding hydrogens is 474 g/mol. The van der Waals surface area contributed by atoms with Crippen LogP contribution in [-0.4, -0.2) is 75.3 Å². The lowest BCUT2D eigenvalue weighted by Gasteiger charge is -2.48. The minimum absolute atomic E-state index is 0.0695. The maximum absolute atomic E-state index is 12.7. The molecule has 1 fully saturated rings. The zero-order valence-electron chi connectivity index (χ0n) is 17.7. The number of nitrogens with two attached hydrogens (primary N) is 1. The summed E-state index contributed by atoms with van der Waals surface area (Å²) in [6.45, 7) is 0.128. The van der Waals surface area contributed by atoms with Crippen molar-refractivity contribution >= 4 is 57.7 Å². The molecular formula is C19H23N5O7S2. The molecule has 3 rings (SSSR count). The average molecular weight is 498 g/mol. The minimum Gasteiger partial charge on any atom is -0.481 e. The van der Waals surface area contributed by atoms with Gasteiger partial charge in [0.05, 0.1) is 6.61 Å². The van der Waals surface area contributed by atoms with Gasteiger partial charge in [0.1, 0.15) is 29.9 Å². The Labute approximate surface area is 197 Å². The first-order valence-electron chi connectivity index (χ1n) is 10.0. The van der Waals surface area contributed by atoms with Gasteiger partial charge in [0, 0.05) is 17.6 Å². The highest BCUT2D eigenvalue weighted by molar-refractivity contribution is 8.00. The molecule has 3 heterocycles. The van der Waals surface area contributed by atoms with Crippen LogP contribution in [0.25, 0.3) is 0 Å². The molecule has 2 aliphatic heterocycles. The fraction of sp³-hybridized carbons (Fsp3) is 0.474. The van der Waals surface area contributed by atoms with Crippen LogP contribution in [0.4, 0.5) is 5.13 Å². The van der Waals surface area contributed by atoms with Gasteiger partial charge in [-0.25, -0.2) is 9.78 Å². The fourth-order valence-corrected chi connectivity index (χ4v) is 4.97. The van der Waals surface area contributed by atoms with Crippen LogP contribution in [0.15, 0.2) is 22.3 Å². The summed E-state index contributed by atoms with van der Waals surface area (Å²) < 4.78 is 5.24. The van der Waals surface area contributed by atoms with E-state index < -0.39 is 35.2 Å². The molecule has 14 heteroatoms. The van der Waals surface area contributed by atoms with Crippen LogP contribution >= 0.6 is 23.1 Å². The zero-order valence-corrected chi connectivity index (χ0v) is 19.3. The van der Waals surface area contributed by atoms with Crippen LogP contribution in [0, 0.1) is 0 Å². The van der Waals surface area contributed by atoms with Crippen molar-refractivity contribution in [3.8, 4) is 0 Å². The lowest BCUT2D eigenvalue weighted by atomic mass is 10.0. The predicted molar refractivity (Wildman–Crippen MR) is 120 cm³/mol. The van der Waals surface area contributed by atoms with E-state index in [1.807, 2.05) is 0 Å². The number of carbonyl (C=O) groups excluding carboxylic acids is 3. The lowest BCUT2D eigenvalue weighted by Crippen LogP contribution is -2.70. The number of hydrogen-bond donors (Lipinski definition) is 3. The highest BCUT2D eigenvalue weighted by Gasteiger charge is 2.53. The molecule has 0 radical (unpaired) electrons. The number of nitrogens with one attached hydrogen (secondary N) is 1. The summed E-state index contributed by atoms with van der Waals surface area (Å²) in [4.78, 5) is 58.5. The second-order valence-corrected chi connectivity index (χ2v) is 9.05. The van der Waals surface area contributed by atoms with Crippen LogP contribution in [0.1, 0.15) is 31.4 Å². The normalized spacial score (nSPS) is 19.8. The first-order valence-corrected chi connectivity index (χ1v) is 11.9. The lowest BCUT2D eigenvalue weighted by molar-refractivity contribution is -0.152. The molecule has 1 aromatic heterocycles. The number of thiazole rings is 1. The SMILES string of the molecule is CON=C(C(=O)NC1C(=O)N2C(C(=O)OCCCCCC(=O)O)=CCS[C@H]12)c1csc(N)n1. The minimum atomic E-state index is -0.864. The Morgan fingerprint density at radius 3 is 2.82 bits per heavy atom. The monoisotopic (exact) mass is 497 g/mol. The number of fused-ring (bicyclic) bond motifs is 1. The van der Waals surface area contributed by atoms with Crippen molar-refractivity contribution in [3.63, 3.8) is 0 Å². The molecule has 1 saturated heterocycles. The number of β-lactam (4-membered cyclic amide) rings is 1. The number of anilines is 1. The van der Waals surface area contributed by atoms with E-state index in [9.17, 15) is 19.2 Å². The Morgan fingerprint density at radius 1 is 1.36 bits per heavy atom. The maximum atomic E-state index is 12.7. The molecule has 2 atom stereocenters. The van der Waals surface area contributed by atoms with E-state index in [-0.39, 0.29) is 35.3 Å². The number of nitrogens with zero attached hydrogens (tertiary/aromatic N) is 3. The number of carboxylic acids is 1. The Balaban J connectivity index is 1.55. The molecule has 2 amide bonds. The van der Waals surface area contributed by atoms with Crippen LogP contribution in [0.3, 0.4) is 0 Å². The summed E-state index contributed by atoms with van der Waals surface area (Å²) in [7, 11) is 1.28. The summed E-state index contributed by atoms with van der Waals surface area (Å²) in [6, 6.07) is -0.854. The summed E-state index contributed by atoms with van der Waals surface area (Å²) in [5, 5.41) is 16.3. The molecule has 0 aliphatic carbocycles. The Bertz CT molecular complexity index is 993. The van der Waals surface area contributed by atoms with Crippen LogP contribution in [0.5, 0.6) is 0 Å². The van der Waals surface area contributed by atoms with Crippen molar-refractivity contribution in [3.05, 3.63) is 22.8 Å². The number of rotatable bonds is 11. The van der Waals surface area contributed by atoms with Crippen LogP contribution in [-0.2, 0) is 28.8 Å². The standard InChI is InChI=1S/C19H23N5O7S2/c1-30-23-13(10-9-33-19(20)21-10)15(27)22-14-16(28)24-11(6-8-32-17(14)24)18(29)31-7-4-2-3-5-12(25)26/h6,9,14,17H,2-5,7-8H2,1H3,(H2,20,21)(H,22,27)(H,25,26)/t14?,17-/m1/s1. The molecule has 12 nitrogen and oxygen atoms in total. The predicted octanol–water partition coefficient (Wildman–Crippen LogP) is 0.548. The Kier molecular flexibility index (Phi) is 8.27. The number of aromatic nitrogens is 1. The number of ether oxygens (including phenoxy) is 1. The van der Waals surface area contributed by atoms with E-state index in [0.717, 1.165) is 11.3 Å². The maximum Gasteiger partial charge on any atom is 0.354 e. The first-order chi connectivity index (χ1) is 15.8. The molecule has 0 bridgehead atoms. The van der Waals surface area contributed by atoms with Crippen molar-refractivity contribution < 1.29 is 33.9 Å². The number of amides is 2. The Morgan fingerprint density at radius 2 is 2.15 bits per heavy atom. The molecule has 1 unspecified atom stereocenters. The molecule has 1 aromatic rings. The highest BCUT2D eigenvalue weighted by atomic mass is 32.2. The van der Waals surface area contributed by atoms with Crippen LogP contribution in [0.2, 0.25) is 0 Å². The van der Waals surface area contributed by atoms with E-state index in [2.05, 4.69) is 15.5 Å². The van der Waals surface area contributed by atoms with Crippen molar-refractivity contribution in [2.75, 3.05) is 25.2 Å². The van der Waals surface area contributed by atoms with Gasteiger partial charge in [0.25, 0.3) is 11.8 Å². The third-order valence-corrected chi connectivity index (χ3v) is 6.63. The van der Waals surface area contributed by atoms with Crippen molar-refractivity contribution in [1.29, 1.82) is 0 Å². The average Bonchev–Trinajstić information content (AvgIpc) is 3.22. The van der Waals surface area contributed by atoms with E-state index in [1.165, 1.54) is 23.8 Å². The summed E-state index contributed by atoms with van der Waals surface area (Å²) in [5.41, 5.74) is 5.86. The highest BCUT2D eigenvalue weighted by Crippen LogP contribution is 2.37. The molecule has 2 aliphatic rings. The molecule has 0 aromatic carbocycles. The number of esters is 1. The summed E-state index contributed by atoms with van der Waals surface area (Å²) >= 11 is 2.53. The van der Waals surface area contributed by atoms with Gasteiger partial charge in [0.2, 0.25) is 0 Å². The quantitative estimate of drug-likeness (QED) is 0.129. The van der Waals surface area contributed by atoms with E-state index in [0.29, 0.717) is 25.0 Å². The van der Waals surface area contributed by atoms with E-state index >= 15 is 0 Å². The summed E-state index contributed by atoms with van der Waals surface area (Å²) in [5.74, 6) is -2.13. The second-order valence-electron chi connectivity index (χ2n) is 7.01. The zero-order chi connectivity index (χ0) is 24.0. The van der Waals surface area contributed by atoms with Gasteiger partial charge in [-0.3, -0.25) is 19.3 Å². The number of thioether (sulfide) groups is 1. The van der Waals surface area contributed by atoms with E-state index in [4.69, 9.17) is 20.4 Å². The van der Waals surface area contributed by atoms with Gasteiger partial charge in [-0.2, -0.15) is 0 Å². The number of nitrogen functional groups attached to an aromatic ring is 1. The Hall–Kier alpha value is -3.13. The number of hydrogen-bond acceptors (Lipinski definition) is 11. The van der Waals surface area contributed by atoms with Crippen molar-refractivity contribution in [2.24, 2.45) is 5.16 Å². The van der Waals surface area contributed by atoms with E-state index in [1.54, 1.807) is 11.5 Å². The molecule has 0 saturated carbocycles. The first kappa shape index (κ1) is 24.5. The third-order valence-electron chi connectivity index (χ3n) is 4.77. The van der Waals surface area contributed by atoms with Crippen molar-refractivity contribution in [2.45, 2.75) is 37.1 Å². The van der Waals surface area contributed by atoms with Gasteiger partial charge < -0.3 is 25.7 Å². The number of unbranched alkanes of at least 4 members (excludes halogenated alkanes) is 2. The van der Waals surface area contributed by atoms with Gasteiger partial charge in [0.15, 0.2) is 10.8 Å². The molecule has 178 valence electrons. The number of carbonyl (C=O) groups is 4. The smallest absolute Gasteiger partial charge is 0.354 e. The number of carboxylic acid groups (broad SMARTS) is 1. The molecule has 33 heavy (non-hydrogen) atoms. The van der Waals surface area contributed by atoms with Gasteiger partial charge >= 0.3 is 11.9 Å². The van der Waals surface area contributed by atoms with Crippen molar-refractivity contribution in [1.82, 2.24) is 15.2 Å². The fourth-order valence-electron chi connectivity index (χ4n) is 3.23. The third kappa shape index (κ3) is 5.82. The largest absolute Gasteiger partial charge is 0.481 e. The number of aliphatic carboxylic acids is 1.